The van der Waals surface area contributed by atoms with Crippen molar-refractivity contribution in [3.05, 3.63) is 81.8 Å². The number of aliphatic hydroxyl groups is 2. The summed E-state index contributed by atoms with van der Waals surface area (Å²) in [5.74, 6) is -1.37. The lowest BCUT2D eigenvalue weighted by molar-refractivity contribution is -0.118. The third-order valence-electron chi connectivity index (χ3n) is 4.67. The molecule has 2 amide bonds. The molecule has 3 aromatic rings. The van der Waals surface area contributed by atoms with Crippen molar-refractivity contribution in [1.29, 1.82) is 5.26 Å². The Bertz CT molecular complexity index is 1260. The Balaban J connectivity index is 1.65. The fraction of sp³-hybridized carbons (Fsp3) is 0.174. The molecule has 0 radical (unpaired) electrons. The first-order valence-electron chi connectivity index (χ1n) is 9.99. The summed E-state index contributed by atoms with van der Waals surface area (Å²) in [5.41, 5.74) is 1.94. The fourth-order valence-corrected chi connectivity index (χ4v) is 3.03. The van der Waals surface area contributed by atoms with Crippen LogP contribution in [-0.2, 0) is 11.3 Å². The Morgan fingerprint density at radius 3 is 2.67 bits per heavy atom. The zero-order valence-electron chi connectivity index (χ0n) is 17.4. The lowest BCUT2D eigenvalue weighted by Crippen LogP contribution is -2.30. The molecule has 2 aromatic carbocycles. The van der Waals surface area contributed by atoms with Crippen molar-refractivity contribution in [2.75, 3.05) is 5.32 Å². The third-order valence-corrected chi connectivity index (χ3v) is 4.67. The molecule has 1 aromatic heterocycles. The second-order valence-corrected chi connectivity index (χ2v) is 7.08. The molecule has 0 aliphatic carbocycles. The fourth-order valence-electron chi connectivity index (χ4n) is 3.03. The zero-order valence-corrected chi connectivity index (χ0v) is 17.4. The van der Waals surface area contributed by atoms with Crippen molar-refractivity contribution in [3.8, 4) is 17.2 Å². The lowest BCUT2D eigenvalue weighted by Gasteiger charge is -2.09. The van der Waals surface area contributed by atoms with E-state index in [2.05, 4.69) is 26.7 Å². The van der Waals surface area contributed by atoms with Crippen LogP contribution in [0, 0.1) is 11.3 Å². The molecule has 0 atom stereocenters. The number of aromatic amines is 1. The minimum Gasteiger partial charge on any atom is -0.368 e. The lowest BCUT2D eigenvalue weighted by atomic mass is 9.99. The molecule has 0 unspecified atom stereocenters. The van der Waals surface area contributed by atoms with Gasteiger partial charge in [0.1, 0.15) is 5.56 Å². The molecule has 0 bridgehead atoms. The number of aliphatic hydroxyl groups excluding tert-OH is 1. The van der Waals surface area contributed by atoms with Crippen LogP contribution in [0.3, 0.4) is 0 Å². The van der Waals surface area contributed by atoms with Crippen LogP contribution >= 0.6 is 0 Å². The maximum absolute atomic E-state index is 12.4. The number of carbonyl (C=O) groups is 2. The van der Waals surface area contributed by atoms with Crippen LogP contribution in [0.5, 0.6) is 0 Å². The summed E-state index contributed by atoms with van der Waals surface area (Å²) < 4.78 is 0. The van der Waals surface area contributed by atoms with E-state index in [9.17, 15) is 19.6 Å². The number of benzene rings is 2. The Hall–Kier alpha value is -4.33. The van der Waals surface area contributed by atoms with Gasteiger partial charge in [0.25, 0.3) is 11.5 Å². The van der Waals surface area contributed by atoms with Gasteiger partial charge in [0.05, 0.1) is 11.6 Å². The van der Waals surface area contributed by atoms with E-state index in [1.54, 1.807) is 12.1 Å². The molecule has 10 nitrogen and oxygen atoms in total. The van der Waals surface area contributed by atoms with Crippen LogP contribution in [0.15, 0.2) is 59.5 Å². The minimum absolute atomic E-state index is 0.142. The number of nitrogens with zero attached hydrogens (tertiary/aromatic N) is 2. The van der Waals surface area contributed by atoms with Gasteiger partial charge in [0.15, 0.2) is 6.29 Å². The first kappa shape index (κ1) is 23.3. The topological polar surface area (TPSA) is 168 Å². The molecule has 0 aliphatic heterocycles. The molecule has 0 aliphatic rings. The standard InChI is InChI=1S/C23H21N5O5/c24-11-16-5-1-2-7-17(16)15-6-3-4-14(10-15)12-25-21(32)18-13-26-23(28-22(18)33)27-19(29)8-9-20(30)31/h1-7,10,13,20,30-31H,8-9,12H2,(H,25,32)(H2,26,27,28,29,33). The van der Waals surface area contributed by atoms with E-state index in [0.717, 1.165) is 22.9 Å². The number of amides is 2. The smallest absolute Gasteiger partial charge is 0.265 e. The Morgan fingerprint density at radius 1 is 1.15 bits per heavy atom. The van der Waals surface area contributed by atoms with E-state index >= 15 is 0 Å². The van der Waals surface area contributed by atoms with Gasteiger partial charge in [-0.3, -0.25) is 24.7 Å². The second kappa shape index (κ2) is 10.8. The Morgan fingerprint density at radius 2 is 1.94 bits per heavy atom. The van der Waals surface area contributed by atoms with E-state index in [1.165, 1.54) is 0 Å². The van der Waals surface area contributed by atoms with Crippen molar-refractivity contribution in [2.24, 2.45) is 0 Å². The molecule has 5 N–H and O–H groups in total. The van der Waals surface area contributed by atoms with Crippen LogP contribution < -0.4 is 16.2 Å². The summed E-state index contributed by atoms with van der Waals surface area (Å²) in [4.78, 5) is 42.5. The van der Waals surface area contributed by atoms with Gasteiger partial charge >= 0.3 is 0 Å². The number of aromatic nitrogens is 2. The van der Waals surface area contributed by atoms with Crippen molar-refractivity contribution >= 4 is 17.8 Å². The summed E-state index contributed by atoms with van der Waals surface area (Å²) >= 11 is 0. The summed E-state index contributed by atoms with van der Waals surface area (Å²) in [6.45, 7) is 0.142. The summed E-state index contributed by atoms with van der Waals surface area (Å²) in [5, 5.41) is 31.8. The molecule has 0 fully saturated rings. The minimum atomic E-state index is -1.62. The highest BCUT2D eigenvalue weighted by atomic mass is 16.5. The molecule has 0 saturated carbocycles. The predicted molar refractivity (Wildman–Crippen MR) is 119 cm³/mol. The highest BCUT2D eigenvalue weighted by Gasteiger charge is 2.14. The molecule has 1 heterocycles. The molecule has 168 valence electrons. The zero-order chi connectivity index (χ0) is 23.8. The van der Waals surface area contributed by atoms with Crippen LogP contribution in [0.4, 0.5) is 5.95 Å². The SMILES string of the molecule is N#Cc1ccccc1-c1cccc(CNC(=O)c2cnc(NC(=O)CCC(O)O)[nH]c2=O)c1. The first-order valence-corrected chi connectivity index (χ1v) is 9.99. The maximum Gasteiger partial charge on any atom is 0.265 e. The number of rotatable bonds is 8. The summed E-state index contributed by atoms with van der Waals surface area (Å²) in [7, 11) is 0. The average molecular weight is 447 g/mol. The van der Waals surface area contributed by atoms with E-state index in [-0.39, 0.29) is 30.9 Å². The van der Waals surface area contributed by atoms with Gasteiger partial charge in [-0.05, 0) is 28.8 Å². The molecule has 10 heteroatoms. The van der Waals surface area contributed by atoms with Crippen LogP contribution in [0.25, 0.3) is 11.1 Å². The van der Waals surface area contributed by atoms with Gasteiger partial charge in [0.2, 0.25) is 11.9 Å². The van der Waals surface area contributed by atoms with E-state index in [0.29, 0.717) is 5.56 Å². The number of anilines is 1. The molecule has 3 rings (SSSR count). The van der Waals surface area contributed by atoms with Gasteiger partial charge < -0.3 is 15.5 Å². The molecule has 0 spiro atoms. The highest BCUT2D eigenvalue weighted by Crippen LogP contribution is 2.24. The highest BCUT2D eigenvalue weighted by molar-refractivity contribution is 5.94. The number of H-pyrrole nitrogens is 1. The van der Waals surface area contributed by atoms with Crippen LogP contribution in [-0.4, -0.2) is 38.3 Å². The normalized spacial score (nSPS) is 10.5. The van der Waals surface area contributed by atoms with Crippen LogP contribution in [0.2, 0.25) is 0 Å². The summed E-state index contributed by atoms with van der Waals surface area (Å²) in [6, 6.07) is 16.7. The van der Waals surface area contributed by atoms with Crippen molar-refractivity contribution in [2.45, 2.75) is 25.7 Å². The molecule has 33 heavy (non-hydrogen) atoms. The average Bonchev–Trinajstić information content (AvgIpc) is 2.81. The van der Waals surface area contributed by atoms with Crippen molar-refractivity contribution in [3.63, 3.8) is 0 Å². The largest absolute Gasteiger partial charge is 0.368 e. The first-order chi connectivity index (χ1) is 15.9. The quantitative estimate of drug-likeness (QED) is 0.324. The van der Waals surface area contributed by atoms with Gasteiger partial charge in [-0.1, -0.05) is 36.4 Å². The number of hydrogen-bond acceptors (Lipinski definition) is 7. The maximum atomic E-state index is 12.4. The number of nitriles is 1. The summed E-state index contributed by atoms with van der Waals surface area (Å²) in [6.07, 6.45) is -0.915. The van der Waals surface area contributed by atoms with Crippen molar-refractivity contribution < 1.29 is 19.8 Å². The monoisotopic (exact) mass is 447 g/mol. The molecular weight excluding hydrogens is 426 g/mol. The number of carbonyl (C=O) groups excluding carboxylic acids is 2. The van der Waals surface area contributed by atoms with Gasteiger partial charge in [-0.2, -0.15) is 5.26 Å². The molecular formula is C23H21N5O5. The van der Waals surface area contributed by atoms with Gasteiger partial charge in [-0.15, -0.1) is 0 Å². The van der Waals surface area contributed by atoms with Gasteiger partial charge in [0, 0.05) is 25.6 Å². The van der Waals surface area contributed by atoms with Gasteiger partial charge in [-0.25, -0.2) is 4.98 Å². The predicted octanol–water partition coefficient (Wildman–Crippen LogP) is 1.27. The number of nitrogens with one attached hydrogen (secondary N) is 3. The second-order valence-electron chi connectivity index (χ2n) is 7.08. The van der Waals surface area contributed by atoms with Crippen molar-refractivity contribution in [1.82, 2.24) is 15.3 Å². The Kier molecular flexibility index (Phi) is 7.64. The number of hydrogen-bond donors (Lipinski definition) is 5. The van der Waals surface area contributed by atoms with E-state index in [4.69, 9.17) is 10.2 Å². The van der Waals surface area contributed by atoms with E-state index in [1.807, 2.05) is 36.4 Å². The van der Waals surface area contributed by atoms with Crippen LogP contribution in [0.1, 0.15) is 34.3 Å². The third kappa shape index (κ3) is 6.33. The molecule has 0 saturated heterocycles. The Labute approximate surface area is 188 Å². The van der Waals surface area contributed by atoms with E-state index < -0.39 is 23.7 Å².